The first-order valence-corrected chi connectivity index (χ1v) is 9.97. The number of amides is 3. The molecule has 2 saturated heterocycles. The minimum atomic E-state index is -0.529. The highest BCUT2D eigenvalue weighted by Gasteiger charge is 2.48. The molecule has 2 aromatic rings. The van der Waals surface area contributed by atoms with Crippen molar-refractivity contribution in [2.24, 2.45) is 0 Å². The van der Waals surface area contributed by atoms with Crippen LogP contribution in [0.25, 0.3) is 0 Å². The van der Waals surface area contributed by atoms with Gasteiger partial charge in [0.15, 0.2) is 0 Å². The van der Waals surface area contributed by atoms with E-state index >= 15 is 0 Å². The normalized spacial score (nSPS) is 19.9. The summed E-state index contributed by atoms with van der Waals surface area (Å²) in [6.45, 7) is 2.32. The quantitative estimate of drug-likeness (QED) is 0.563. The SMILES string of the molecule is COC(=O)c1cccc(N2C(=O)C3CN(Cc4ccc(Cl)s4)CCN3C2=O)c1. The largest absolute Gasteiger partial charge is 0.465 e. The number of urea groups is 1. The third-order valence-corrected chi connectivity index (χ3v) is 6.16. The van der Waals surface area contributed by atoms with Gasteiger partial charge in [0.2, 0.25) is 0 Å². The smallest absolute Gasteiger partial charge is 0.337 e. The highest BCUT2D eigenvalue weighted by atomic mass is 35.5. The van der Waals surface area contributed by atoms with Gasteiger partial charge in [0.05, 0.1) is 22.7 Å². The van der Waals surface area contributed by atoms with E-state index in [1.807, 2.05) is 12.1 Å². The molecule has 2 aliphatic heterocycles. The molecular weight excluding hydrogens is 402 g/mol. The second-order valence-corrected chi connectivity index (χ2v) is 8.45. The van der Waals surface area contributed by atoms with Gasteiger partial charge in [-0.15, -0.1) is 11.3 Å². The van der Waals surface area contributed by atoms with Crippen LogP contribution in [0.3, 0.4) is 0 Å². The first-order chi connectivity index (χ1) is 13.5. The van der Waals surface area contributed by atoms with E-state index in [1.165, 1.54) is 24.5 Å². The Bertz CT molecular complexity index is 947. The fourth-order valence-electron chi connectivity index (χ4n) is 3.58. The number of anilines is 1. The van der Waals surface area contributed by atoms with Crippen molar-refractivity contribution in [2.45, 2.75) is 12.6 Å². The van der Waals surface area contributed by atoms with E-state index in [2.05, 4.69) is 4.90 Å². The average Bonchev–Trinajstić information content (AvgIpc) is 3.22. The summed E-state index contributed by atoms with van der Waals surface area (Å²) < 4.78 is 5.46. The van der Waals surface area contributed by atoms with E-state index in [0.717, 1.165) is 14.1 Å². The maximum absolute atomic E-state index is 13.0. The number of imide groups is 1. The zero-order chi connectivity index (χ0) is 19.8. The number of thiophene rings is 1. The second-order valence-electron chi connectivity index (χ2n) is 6.65. The molecule has 0 saturated carbocycles. The van der Waals surface area contributed by atoms with Gasteiger partial charge >= 0.3 is 12.0 Å². The number of piperazine rings is 1. The Morgan fingerprint density at radius 3 is 2.79 bits per heavy atom. The number of methoxy groups -OCH3 is 1. The van der Waals surface area contributed by atoms with E-state index in [9.17, 15) is 14.4 Å². The van der Waals surface area contributed by atoms with Crippen LogP contribution < -0.4 is 4.90 Å². The van der Waals surface area contributed by atoms with E-state index in [0.29, 0.717) is 37.4 Å². The maximum atomic E-state index is 13.0. The van der Waals surface area contributed by atoms with Crippen molar-refractivity contribution < 1.29 is 19.1 Å². The van der Waals surface area contributed by atoms with E-state index in [1.54, 1.807) is 23.1 Å². The Balaban J connectivity index is 1.53. The van der Waals surface area contributed by atoms with Gasteiger partial charge in [0.25, 0.3) is 5.91 Å². The summed E-state index contributed by atoms with van der Waals surface area (Å²) in [5.74, 6) is -0.791. The van der Waals surface area contributed by atoms with Gasteiger partial charge in [-0.05, 0) is 30.3 Å². The molecule has 0 radical (unpaired) electrons. The molecule has 2 fully saturated rings. The lowest BCUT2D eigenvalue weighted by Crippen LogP contribution is -2.52. The predicted octanol–water partition coefficient (Wildman–Crippen LogP) is 2.84. The molecule has 146 valence electrons. The van der Waals surface area contributed by atoms with E-state index < -0.39 is 12.0 Å². The molecule has 9 heteroatoms. The summed E-state index contributed by atoms with van der Waals surface area (Å²) >= 11 is 7.51. The molecule has 4 rings (SSSR count). The number of benzene rings is 1. The first-order valence-electron chi connectivity index (χ1n) is 8.77. The molecule has 1 aromatic carbocycles. The van der Waals surface area contributed by atoms with Crippen LogP contribution >= 0.6 is 22.9 Å². The van der Waals surface area contributed by atoms with Crippen LogP contribution in [0.4, 0.5) is 10.5 Å². The summed E-state index contributed by atoms with van der Waals surface area (Å²) in [5, 5.41) is 0. The molecule has 1 atom stereocenters. The second kappa shape index (κ2) is 7.54. The van der Waals surface area contributed by atoms with Crippen molar-refractivity contribution in [2.75, 3.05) is 31.6 Å². The lowest BCUT2D eigenvalue weighted by molar-refractivity contribution is -0.121. The number of esters is 1. The van der Waals surface area contributed by atoms with Crippen LogP contribution in [-0.4, -0.2) is 60.5 Å². The molecule has 0 bridgehead atoms. The molecular formula is C19H18ClN3O4S. The summed E-state index contributed by atoms with van der Waals surface area (Å²) in [5.41, 5.74) is 0.672. The minimum Gasteiger partial charge on any atom is -0.465 e. The summed E-state index contributed by atoms with van der Waals surface area (Å²) in [7, 11) is 1.29. The van der Waals surface area contributed by atoms with Crippen molar-refractivity contribution in [3.63, 3.8) is 0 Å². The molecule has 3 heterocycles. The van der Waals surface area contributed by atoms with Crippen molar-refractivity contribution >= 4 is 46.5 Å². The maximum Gasteiger partial charge on any atom is 0.337 e. The highest BCUT2D eigenvalue weighted by Crippen LogP contribution is 2.30. The minimum absolute atomic E-state index is 0.277. The molecule has 1 unspecified atom stereocenters. The Morgan fingerprint density at radius 1 is 1.25 bits per heavy atom. The lowest BCUT2D eigenvalue weighted by atomic mass is 10.1. The molecule has 1 aromatic heterocycles. The monoisotopic (exact) mass is 419 g/mol. The molecule has 2 aliphatic rings. The van der Waals surface area contributed by atoms with Crippen LogP contribution in [0.5, 0.6) is 0 Å². The molecule has 0 aliphatic carbocycles. The third kappa shape index (κ3) is 3.39. The van der Waals surface area contributed by atoms with Gasteiger partial charge in [-0.25, -0.2) is 14.5 Å². The third-order valence-electron chi connectivity index (χ3n) is 4.94. The molecule has 3 amide bonds. The summed E-state index contributed by atoms with van der Waals surface area (Å²) in [4.78, 5) is 43.7. The Labute approximate surface area is 171 Å². The Hall–Kier alpha value is -2.42. The van der Waals surface area contributed by atoms with Gasteiger partial charge in [-0.1, -0.05) is 17.7 Å². The Kier molecular flexibility index (Phi) is 5.09. The number of carbonyl (C=O) groups excluding carboxylic acids is 3. The first kappa shape index (κ1) is 18.9. The van der Waals surface area contributed by atoms with Crippen molar-refractivity contribution in [1.29, 1.82) is 0 Å². The van der Waals surface area contributed by atoms with Gasteiger partial charge in [0, 0.05) is 31.1 Å². The zero-order valence-electron chi connectivity index (χ0n) is 15.1. The number of halogens is 1. The number of carbonyl (C=O) groups is 3. The number of rotatable bonds is 4. The predicted molar refractivity (Wildman–Crippen MR) is 106 cm³/mol. The molecule has 0 N–H and O–H groups in total. The number of fused-ring (bicyclic) bond motifs is 1. The van der Waals surface area contributed by atoms with Crippen LogP contribution in [0.2, 0.25) is 4.34 Å². The fourth-order valence-corrected chi connectivity index (χ4v) is 4.71. The number of ether oxygens (including phenoxy) is 1. The number of nitrogens with zero attached hydrogens (tertiary/aromatic N) is 3. The lowest BCUT2D eigenvalue weighted by Gasteiger charge is -2.34. The molecule has 0 spiro atoms. The highest BCUT2D eigenvalue weighted by molar-refractivity contribution is 7.16. The summed E-state index contributed by atoms with van der Waals surface area (Å²) in [6.07, 6.45) is 0. The fraction of sp³-hybridized carbons (Fsp3) is 0.316. The standard InChI is InChI=1S/C19H18ClN3O4S/c1-27-18(25)12-3-2-4-13(9-12)23-17(24)15-11-21(7-8-22(15)19(23)26)10-14-5-6-16(20)28-14/h2-6,9,15H,7-8,10-11H2,1H3. The van der Waals surface area contributed by atoms with E-state index in [4.69, 9.17) is 16.3 Å². The molecule has 28 heavy (non-hydrogen) atoms. The van der Waals surface area contributed by atoms with Gasteiger partial charge in [0.1, 0.15) is 6.04 Å². The topological polar surface area (TPSA) is 70.2 Å². The summed E-state index contributed by atoms with van der Waals surface area (Å²) in [6, 6.07) is 9.32. The van der Waals surface area contributed by atoms with Crippen LogP contribution in [0, 0.1) is 0 Å². The number of hydrogen-bond donors (Lipinski definition) is 0. The van der Waals surface area contributed by atoms with Crippen LogP contribution in [-0.2, 0) is 16.1 Å². The Morgan fingerprint density at radius 2 is 2.07 bits per heavy atom. The van der Waals surface area contributed by atoms with Crippen LogP contribution in [0.1, 0.15) is 15.2 Å². The van der Waals surface area contributed by atoms with E-state index in [-0.39, 0.29) is 11.9 Å². The van der Waals surface area contributed by atoms with Gasteiger partial charge in [-0.2, -0.15) is 0 Å². The van der Waals surface area contributed by atoms with Crippen molar-refractivity contribution in [1.82, 2.24) is 9.80 Å². The van der Waals surface area contributed by atoms with Crippen LogP contribution in [0.15, 0.2) is 36.4 Å². The van der Waals surface area contributed by atoms with Crippen molar-refractivity contribution in [3.8, 4) is 0 Å². The zero-order valence-corrected chi connectivity index (χ0v) is 16.7. The van der Waals surface area contributed by atoms with Gasteiger partial charge < -0.3 is 9.64 Å². The van der Waals surface area contributed by atoms with Gasteiger partial charge in [-0.3, -0.25) is 9.69 Å². The average molecular weight is 420 g/mol. The van der Waals surface area contributed by atoms with Crippen molar-refractivity contribution in [3.05, 3.63) is 51.2 Å². The molecule has 7 nitrogen and oxygen atoms in total. The number of hydrogen-bond acceptors (Lipinski definition) is 6.